The Bertz CT molecular complexity index is 1490. The molecule has 240 valence electrons. The number of nitrogens with zero attached hydrogens (tertiary/aromatic N) is 5. The zero-order chi connectivity index (χ0) is 32.1. The Labute approximate surface area is 267 Å². The van der Waals surface area contributed by atoms with Gasteiger partial charge in [-0.25, -0.2) is 14.8 Å². The van der Waals surface area contributed by atoms with Gasteiger partial charge >= 0.3 is 18.2 Å². The second-order valence-corrected chi connectivity index (χ2v) is 11.9. The number of hydrogen-bond donors (Lipinski definition) is 2. The highest BCUT2D eigenvalue weighted by Gasteiger charge is 2.43. The standard InChI is InChI=1S/C30H31Cl2F3N6O4/c31-22-13-21(14-23(32)15-22)25-11-20(18-39-5-3-19(4-6-39)16-37-29(43)44)12-27(38-25)45-24-1-2-26(36-17-24)40-7-9-41(10-8-40)28(42)30(33,34)35/h1-2,11-15,17,19,37H,3-10,16,18H2,(H,43,44). The molecule has 15 heteroatoms. The Morgan fingerprint density at radius 1 is 0.978 bits per heavy atom. The van der Waals surface area contributed by atoms with Gasteiger partial charge < -0.3 is 25.0 Å². The van der Waals surface area contributed by atoms with Crippen LogP contribution in [0.5, 0.6) is 11.6 Å². The van der Waals surface area contributed by atoms with Gasteiger partial charge in [-0.2, -0.15) is 13.2 Å². The zero-order valence-corrected chi connectivity index (χ0v) is 25.6. The summed E-state index contributed by atoms with van der Waals surface area (Å²) < 4.78 is 44.4. The number of ether oxygens (including phenoxy) is 1. The number of carboxylic acid groups (broad SMARTS) is 1. The van der Waals surface area contributed by atoms with Crippen molar-refractivity contribution >= 4 is 41.0 Å². The van der Waals surface area contributed by atoms with Crippen LogP contribution < -0.4 is 15.0 Å². The van der Waals surface area contributed by atoms with Gasteiger partial charge in [-0.15, -0.1) is 0 Å². The van der Waals surface area contributed by atoms with Gasteiger partial charge in [0.1, 0.15) is 11.6 Å². The largest absolute Gasteiger partial charge is 0.471 e. The number of hydrogen-bond acceptors (Lipinski definition) is 7. The van der Waals surface area contributed by atoms with E-state index in [-0.39, 0.29) is 26.2 Å². The molecular formula is C30H31Cl2F3N6O4. The average molecular weight is 668 g/mol. The number of halogens is 5. The first-order valence-corrected chi connectivity index (χ1v) is 15.1. The number of benzene rings is 1. The van der Waals surface area contributed by atoms with Gasteiger partial charge in [0.15, 0.2) is 0 Å². The zero-order valence-electron chi connectivity index (χ0n) is 24.1. The van der Waals surface area contributed by atoms with Crippen LogP contribution in [0.2, 0.25) is 10.0 Å². The first kappa shape index (κ1) is 32.6. The molecule has 5 rings (SSSR count). The van der Waals surface area contributed by atoms with Gasteiger partial charge in [0.05, 0.1) is 11.9 Å². The van der Waals surface area contributed by atoms with Crippen molar-refractivity contribution in [2.45, 2.75) is 25.6 Å². The van der Waals surface area contributed by atoms with E-state index >= 15 is 0 Å². The van der Waals surface area contributed by atoms with Crippen molar-refractivity contribution in [3.05, 3.63) is 64.3 Å². The predicted molar refractivity (Wildman–Crippen MR) is 163 cm³/mol. The van der Waals surface area contributed by atoms with Gasteiger partial charge in [-0.3, -0.25) is 9.69 Å². The number of anilines is 1. The molecule has 0 unspecified atom stereocenters. The molecule has 0 spiro atoms. The summed E-state index contributed by atoms with van der Waals surface area (Å²) in [4.78, 5) is 36.4. The lowest BCUT2D eigenvalue weighted by Crippen LogP contribution is -2.52. The fraction of sp³-hybridized carbons (Fsp3) is 0.400. The molecule has 0 radical (unpaired) electrons. The molecule has 2 aromatic heterocycles. The van der Waals surface area contributed by atoms with E-state index in [1.807, 2.05) is 17.0 Å². The van der Waals surface area contributed by atoms with Crippen LogP contribution >= 0.6 is 23.2 Å². The second-order valence-electron chi connectivity index (χ2n) is 11.0. The van der Waals surface area contributed by atoms with Crippen LogP contribution in [0.15, 0.2) is 48.7 Å². The number of amides is 2. The molecule has 1 aromatic carbocycles. The smallest absolute Gasteiger partial charge is 0.465 e. The quantitative estimate of drug-likeness (QED) is 0.304. The van der Waals surface area contributed by atoms with Gasteiger partial charge in [0.2, 0.25) is 5.88 Å². The van der Waals surface area contributed by atoms with E-state index in [4.69, 9.17) is 38.0 Å². The van der Waals surface area contributed by atoms with E-state index in [2.05, 4.69) is 15.2 Å². The SMILES string of the molecule is O=C(O)NCC1CCN(Cc2cc(Oc3ccc(N4CCN(C(=O)C(F)(F)F)CC4)nc3)nc(-c3cc(Cl)cc(Cl)c3)c2)CC1. The van der Waals surface area contributed by atoms with Crippen molar-refractivity contribution in [3.8, 4) is 22.9 Å². The molecule has 2 aliphatic rings. The first-order chi connectivity index (χ1) is 21.4. The van der Waals surface area contributed by atoms with Crippen molar-refractivity contribution in [2.24, 2.45) is 5.92 Å². The molecule has 2 saturated heterocycles. The third kappa shape index (κ3) is 8.89. The molecule has 2 aliphatic heterocycles. The van der Waals surface area contributed by atoms with E-state index in [1.54, 1.807) is 30.3 Å². The van der Waals surface area contributed by atoms with Crippen LogP contribution in [0.3, 0.4) is 0 Å². The maximum atomic E-state index is 12.8. The molecule has 0 saturated carbocycles. The number of carbonyl (C=O) groups is 2. The lowest BCUT2D eigenvalue weighted by molar-refractivity contribution is -0.185. The number of piperazine rings is 1. The molecule has 0 atom stereocenters. The van der Waals surface area contributed by atoms with Crippen molar-refractivity contribution in [2.75, 3.05) is 50.7 Å². The third-order valence-electron chi connectivity index (χ3n) is 7.75. The minimum atomic E-state index is -4.89. The maximum Gasteiger partial charge on any atom is 0.471 e. The van der Waals surface area contributed by atoms with Crippen LogP contribution in [-0.2, 0) is 11.3 Å². The Hall–Kier alpha value is -3.81. The van der Waals surface area contributed by atoms with E-state index < -0.39 is 18.2 Å². The molecular weight excluding hydrogens is 636 g/mol. The molecule has 3 aromatic rings. The number of rotatable bonds is 8. The lowest BCUT2D eigenvalue weighted by Gasteiger charge is -2.35. The Morgan fingerprint density at radius 3 is 2.27 bits per heavy atom. The van der Waals surface area contributed by atoms with Crippen molar-refractivity contribution in [1.29, 1.82) is 0 Å². The summed E-state index contributed by atoms with van der Waals surface area (Å²) in [5, 5.41) is 12.3. The summed E-state index contributed by atoms with van der Waals surface area (Å²) in [6.45, 7) is 3.02. The number of nitrogens with one attached hydrogen (secondary N) is 1. The number of alkyl halides is 3. The molecule has 0 bridgehead atoms. The minimum Gasteiger partial charge on any atom is -0.465 e. The Kier molecular flexibility index (Phi) is 10.2. The van der Waals surface area contributed by atoms with Crippen molar-refractivity contribution in [1.82, 2.24) is 25.1 Å². The summed E-state index contributed by atoms with van der Waals surface area (Å²) in [5.74, 6) is -0.242. The van der Waals surface area contributed by atoms with Gasteiger partial charge in [0, 0.05) is 60.9 Å². The third-order valence-corrected chi connectivity index (χ3v) is 8.19. The highest BCUT2D eigenvalue weighted by molar-refractivity contribution is 6.35. The van der Waals surface area contributed by atoms with Crippen LogP contribution in [0, 0.1) is 5.92 Å². The highest BCUT2D eigenvalue weighted by Crippen LogP contribution is 2.31. The molecule has 10 nitrogen and oxygen atoms in total. The average Bonchev–Trinajstić information content (AvgIpc) is 3.00. The number of piperidine rings is 1. The van der Waals surface area contributed by atoms with Gasteiger partial charge in [0.25, 0.3) is 0 Å². The van der Waals surface area contributed by atoms with Crippen LogP contribution in [0.4, 0.5) is 23.8 Å². The Balaban J connectivity index is 1.28. The summed E-state index contributed by atoms with van der Waals surface area (Å²) in [6.07, 6.45) is -2.64. The summed E-state index contributed by atoms with van der Waals surface area (Å²) >= 11 is 12.5. The lowest BCUT2D eigenvalue weighted by atomic mass is 9.96. The molecule has 0 aliphatic carbocycles. The number of carbonyl (C=O) groups excluding carboxylic acids is 1. The molecule has 45 heavy (non-hydrogen) atoms. The molecule has 2 amide bonds. The van der Waals surface area contributed by atoms with E-state index in [0.717, 1.165) is 36.4 Å². The first-order valence-electron chi connectivity index (χ1n) is 14.3. The summed E-state index contributed by atoms with van der Waals surface area (Å²) in [7, 11) is 0. The maximum absolute atomic E-state index is 12.8. The highest BCUT2D eigenvalue weighted by atomic mass is 35.5. The second kappa shape index (κ2) is 14.1. The van der Waals surface area contributed by atoms with Gasteiger partial charge in [-0.1, -0.05) is 23.2 Å². The number of pyridine rings is 2. The van der Waals surface area contributed by atoms with E-state index in [1.165, 1.54) is 6.20 Å². The molecule has 2 N–H and O–H groups in total. The predicted octanol–water partition coefficient (Wildman–Crippen LogP) is 5.93. The summed E-state index contributed by atoms with van der Waals surface area (Å²) in [5.41, 5.74) is 2.28. The fourth-order valence-corrected chi connectivity index (χ4v) is 5.98. The minimum absolute atomic E-state index is 0.0534. The van der Waals surface area contributed by atoms with Crippen LogP contribution in [0.25, 0.3) is 11.3 Å². The monoisotopic (exact) mass is 666 g/mol. The van der Waals surface area contributed by atoms with E-state index in [0.29, 0.717) is 57.8 Å². The molecule has 2 fully saturated rings. The number of likely N-dealkylation sites (tertiary alicyclic amines) is 1. The van der Waals surface area contributed by atoms with Crippen LogP contribution in [-0.4, -0.2) is 88.9 Å². The topological polar surface area (TPSA) is 111 Å². The van der Waals surface area contributed by atoms with Gasteiger partial charge in [-0.05, 0) is 73.8 Å². The van der Waals surface area contributed by atoms with Crippen molar-refractivity contribution in [3.63, 3.8) is 0 Å². The Morgan fingerprint density at radius 2 is 1.67 bits per heavy atom. The van der Waals surface area contributed by atoms with Crippen LogP contribution in [0.1, 0.15) is 18.4 Å². The van der Waals surface area contributed by atoms with Crippen molar-refractivity contribution < 1.29 is 32.6 Å². The number of aromatic nitrogens is 2. The van der Waals surface area contributed by atoms with E-state index in [9.17, 15) is 22.8 Å². The fourth-order valence-electron chi connectivity index (χ4n) is 5.45. The normalized spacial score (nSPS) is 16.5. The molecule has 4 heterocycles. The summed E-state index contributed by atoms with van der Waals surface area (Å²) in [6, 6.07) is 12.4.